The zero-order valence-electron chi connectivity index (χ0n) is 12.4. The largest absolute Gasteiger partial charge is 0.468 e. The smallest absolute Gasteiger partial charge is 0.291 e. The minimum absolute atomic E-state index is 0.0511. The highest BCUT2D eigenvalue weighted by Crippen LogP contribution is 2.19. The van der Waals surface area contributed by atoms with E-state index in [1.807, 2.05) is 48.6 Å². The predicted molar refractivity (Wildman–Crippen MR) is 85.5 cm³/mol. The Morgan fingerprint density at radius 1 is 1.00 bits per heavy atom. The quantitative estimate of drug-likeness (QED) is 0.796. The summed E-state index contributed by atoms with van der Waals surface area (Å²) in [5.41, 5.74) is 2.14. The third-order valence-corrected chi connectivity index (χ3v) is 3.19. The van der Waals surface area contributed by atoms with Gasteiger partial charge >= 0.3 is 0 Å². The molecule has 21 heavy (non-hydrogen) atoms. The molecule has 2 rings (SSSR count). The van der Waals surface area contributed by atoms with Crippen molar-refractivity contribution in [1.82, 2.24) is 0 Å². The topological polar surface area (TPSA) is 39.4 Å². The third-order valence-electron chi connectivity index (χ3n) is 3.19. The lowest BCUT2D eigenvalue weighted by molar-refractivity contribution is 0.289. The number of hydrogen-bond acceptors (Lipinski definition) is 3. The average Bonchev–Trinajstić information content (AvgIpc) is 2.52. The first-order valence-electron chi connectivity index (χ1n) is 6.71. The van der Waals surface area contributed by atoms with Gasteiger partial charge in [0.15, 0.2) is 5.43 Å². The Balaban J connectivity index is 2.24. The Morgan fingerprint density at radius 3 is 2.33 bits per heavy atom. The van der Waals surface area contributed by atoms with Gasteiger partial charge in [0, 0.05) is 5.56 Å². The molecule has 3 heteroatoms. The Morgan fingerprint density at radius 2 is 1.67 bits per heavy atom. The molecule has 3 nitrogen and oxygen atoms in total. The summed E-state index contributed by atoms with van der Waals surface area (Å²) in [4.78, 5) is 12.0. The molecule has 0 fully saturated rings. The number of rotatable bonds is 4. The number of methoxy groups -OCH3 is 1. The second-order valence-corrected chi connectivity index (χ2v) is 4.67. The minimum Gasteiger partial charge on any atom is -0.468 e. The summed E-state index contributed by atoms with van der Waals surface area (Å²) in [5, 5.41) is 0. The van der Waals surface area contributed by atoms with Crippen molar-refractivity contribution in [2.24, 2.45) is 0 Å². The predicted octanol–water partition coefficient (Wildman–Crippen LogP) is 3.99. The first-order valence-corrected chi connectivity index (χ1v) is 6.71. The van der Waals surface area contributed by atoms with Crippen LogP contribution in [0.25, 0.3) is 12.2 Å². The van der Waals surface area contributed by atoms with Crippen LogP contribution in [0.5, 0.6) is 5.95 Å². The van der Waals surface area contributed by atoms with Crippen molar-refractivity contribution < 1.29 is 9.15 Å². The van der Waals surface area contributed by atoms with Crippen molar-refractivity contribution in [3.8, 4) is 5.95 Å². The maximum absolute atomic E-state index is 12.0. The molecule has 0 aliphatic carbocycles. The van der Waals surface area contributed by atoms with Crippen LogP contribution in [0, 0.1) is 13.8 Å². The van der Waals surface area contributed by atoms with Gasteiger partial charge in [-0.05, 0) is 25.5 Å². The maximum atomic E-state index is 12.0. The van der Waals surface area contributed by atoms with E-state index in [4.69, 9.17) is 9.15 Å². The summed E-state index contributed by atoms with van der Waals surface area (Å²) < 4.78 is 10.7. The van der Waals surface area contributed by atoms with Crippen LogP contribution in [-0.2, 0) is 0 Å². The van der Waals surface area contributed by atoms with E-state index in [-0.39, 0.29) is 11.4 Å². The molecule has 1 aromatic carbocycles. The SMILES string of the molecule is COc1oc(/C=C/C=C/c2ccccc2)c(C)c(=O)c1C. The van der Waals surface area contributed by atoms with Crippen molar-refractivity contribution >= 4 is 12.2 Å². The molecule has 1 aromatic heterocycles. The summed E-state index contributed by atoms with van der Waals surface area (Å²) in [6, 6.07) is 9.98. The molecule has 0 saturated carbocycles. The lowest BCUT2D eigenvalue weighted by atomic mass is 10.1. The molecule has 0 bridgehead atoms. The lowest BCUT2D eigenvalue weighted by Gasteiger charge is -2.06. The van der Waals surface area contributed by atoms with Crippen molar-refractivity contribution in [3.63, 3.8) is 0 Å². The zero-order valence-corrected chi connectivity index (χ0v) is 12.4. The van der Waals surface area contributed by atoms with Crippen LogP contribution in [-0.4, -0.2) is 7.11 Å². The molecule has 0 N–H and O–H groups in total. The number of hydrogen-bond donors (Lipinski definition) is 0. The van der Waals surface area contributed by atoms with E-state index in [1.54, 1.807) is 19.9 Å². The van der Waals surface area contributed by atoms with E-state index in [0.29, 0.717) is 16.9 Å². The summed E-state index contributed by atoms with van der Waals surface area (Å²) >= 11 is 0. The van der Waals surface area contributed by atoms with Gasteiger partial charge in [0.1, 0.15) is 5.76 Å². The van der Waals surface area contributed by atoms with Gasteiger partial charge < -0.3 is 9.15 Å². The Kier molecular flexibility index (Phi) is 4.77. The highest BCUT2D eigenvalue weighted by molar-refractivity contribution is 5.56. The average molecular weight is 282 g/mol. The van der Waals surface area contributed by atoms with Crippen LogP contribution in [0.15, 0.2) is 51.7 Å². The highest BCUT2D eigenvalue weighted by atomic mass is 16.6. The van der Waals surface area contributed by atoms with Gasteiger partial charge in [0.2, 0.25) is 0 Å². The van der Waals surface area contributed by atoms with Gasteiger partial charge in [-0.25, -0.2) is 0 Å². The van der Waals surface area contributed by atoms with Gasteiger partial charge in [0.25, 0.3) is 5.95 Å². The van der Waals surface area contributed by atoms with Crippen LogP contribution in [0.4, 0.5) is 0 Å². The van der Waals surface area contributed by atoms with Crippen LogP contribution < -0.4 is 10.2 Å². The van der Waals surface area contributed by atoms with Gasteiger partial charge in [-0.3, -0.25) is 4.79 Å². The number of allylic oxidation sites excluding steroid dienone is 2. The fourth-order valence-corrected chi connectivity index (χ4v) is 1.97. The van der Waals surface area contributed by atoms with Crippen LogP contribution in [0.2, 0.25) is 0 Å². The second-order valence-electron chi connectivity index (χ2n) is 4.67. The lowest BCUT2D eigenvalue weighted by Crippen LogP contribution is -2.11. The normalized spacial score (nSPS) is 11.4. The molecule has 0 spiro atoms. The zero-order chi connectivity index (χ0) is 15.2. The fraction of sp³-hybridized carbons (Fsp3) is 0.167. The number of benzene rings is 1. The number of ether oxygens (including phenoxy) is 1. The van der Waals surface area contributed by atoms with E-state index in [9.17, 15) is 4.79 Å². The van der Waals surface area contributed by atoms with Crippen molar-refractivity contribution in [2.75, 3.05) is 7.11 Å². The Hall–Kier alpha value is -2.55. The summed E-state index contributed by atoms with van der Waals surface area (Å²) in [7, 11) is 1.49. The van der Waals surface area contributed by atoms with Crippen LogP contribution in [0.3, 0.4) is 0 Å². The maximum Gasteiger partial charge on any atom is 0.291 e. The van der Waals surface area contributed by atoms with Crippen LogP contribution in [0.1, 0.15) is 22.5 Å². The molecule has 0 atom stereocenters. The van der Waals surface area contributed by atoms with Gasteiger partial charge in [-0.15, -0.1) is 0 Å². The monoisotopic (exact) mass is 282 g/mol. The standard InChI is InChI=1S/C18H18O3/c1-13-16(21-18(20-3)14(2)17(13)19)12-8-7-11-15-9-5-4-6-10-15/h4-12H,1-3H3/b11-7+,12-8+. The van der Waals surface area contributed by atoms with E-state index in [1.165, 1.54) is 7.11 Å². The van der Waals surface area contributed by atoms with E-state index >= 15 is 0 Å². The summed E-state index contributed by atoms with van der Waals surface area (Å²) in [6.07, 6.45) is 7.49. The van der Waals surface area contributed by atoms with Crippen LogP contribution >= 0.6 is 0 Å². The molecule has 108 valence electrons. The molecule has 0 aliphatic heterocycles. The minimum atomic E-state index is -0.0511. The van der Waals surface area contributed by atoms with Gasteiger partial charge in [-0.1, -0.05) is 48.6 Å². The molecule has 0 aliphatic rings. The van der Waals surface area contributed by atoms with E-state index < -0.39 is 0 Å². The first kappa shape index (κ1) is 14.9. The Labute approximate surface area is 124 Å². The molecule has 0 saturated heterocycles. The van der Waals surface area contributed by atoms with Gasteiger partial charge in [-0.2, -0.15) is 0 Å². The summed E-state index contributed by atoms with van der Waals surface area (Å²) in [6.45, 7) is 3.44. The molecule has 2 aromatic rings. The molecule has 0 amide bonds. The van der Waals surface area contributed by atoms with E-state index in [2.05, 4.69) is 0 Å². The summed E-state index contributed by atoms with van der Waals surface area (Å²) in [5.74, 6) is 0.775. The molecular weight excluding hydrogens is 264 g/mol. The molecule has 0 unspecified atom stereocenters. The first-order chi connectivity index (χ1) is 10.1. The van der Waals surface area contributed by atoms with Crippen molar-refractivity contribution in [3.05, 3.63) is 75.2 Å². The van der Waals surface area contributed by atoms with Crippen molar-refractivity contribution in [1.29, 1.82) is 0 Å². The van der Waals surface area contributed by atoms with Gasteiger partial charge in [0.05, 0.1) is 12.7 Å². The highest BCUT2D eigenvalue weighted by Gasteiger charge is 2.11. The second kappa shape index (κ2) is 6.75. The molecular formula is C18H18O3. The third kappa shape index (κ3) is 3.51. The molecule has 1 heterocycles. The molecule has 0 radical (unpaired) electrons. The van der Waals surface area contributed by atoms with Crippen molar-refractivity contribution in [2.45, 2.75) is 13.8 Å². The van der Waals surface area contributed by atoms with E-state index in [0.717, 1.165) is 5.56 Å². The Bertz CT molecular complexity index is 722. The fourth-order valence-electron chi connectivity index (χ4n) is 1.97.